The summed E-state index contributed by atoms with van der Waals surface area (Å²) in [5.74, 6) is -0.348. The fourth-order valence-corrected chi connectivity index (χ4v) is 1.47. The van der Waals surface area contributed by atoms with Crippen LogP contribution in [0.25, 0.3) is 10.9 Å². The Balaban J connectivity index is 2.85. The summed E-state index contributed by atoms with van der Waals surface area (Å²) in [7, 11) is 0. The van der Waals surface area contributed by atoms with Crippen LogP contribution in [-0.2, 0) is 4.79 Å². The van der Waals surface area contributed by atoms with Crippen LogP contribution in [0, 0.1) is 12.7 Å². The molecule has 0 fully saturated rings. The van der Waals surface area contributed by atoms with E-state index in [2.05, 4.69) is 9.98 Å². The minimum atomic E-state index is -0.348. The molecule has 3 nitrogen and oxygen atoms in total. The molecule has 0 amide bonds. The SMILES string of the molecule is Cc1[nH]c2ccc(F)cc2c1N=C=O. The van der Waals surface area contributed by atoms with Crippen molar-refractivity contribution in [1.82, 2.24) is 4.98 Å². The van der Waals surface area contributed by atoms with Gasteiger partial charge in [-0.3, -0.25) is 0 Å². The van der Waals surface area contributed by atoms with Gasteiger partial charge in [0, 0.05) is 16.6 Å². The smallest absolute Gasteiger partial charge is 0.240 e. The van der Waals surface area contributed by atoms with Crippen LogP contribution in [0.4, 0.5) is 10.1 Å². The number of H-pyrrole nitrogens is 1. The number of isocyanates is 1. The number of benzene rings is 1. The van der Waals surface area contributed by atoms with Gasteiger partial charge in [-0.05, 0) is 25.1 Å². The number of aromatic nitrogens is 1. The molecule has 0 aliphatic carbocycles. The number of aliphatic imine (C=N–C) groups is 1. The lowest BCUT2D eigenvalue weighted by molar-refractivity contribution is 0.565. The Morgan fingerprint density at radius 2 is 2.29 bits per heavy atom. The van der Waals surface area contributed by atoms with Gasteiger partial charge < -0.3 is 4.98 Å². The number of halogens is 1. The average Bonchev–Trinajstić information content (AvgIpc) is 2.45. The highest BCUT2D eigenvalue weighted by molar-refractivity contribution is 5.93. The molecule has 0 spiro atoms. The zero-order chi connectivity index (χ0) is 10.1. The van der Waals surface area contributed by atoms with Gasteiger partial charge in [-0.25, -0.2) is 9.18 Å². The summed E-state index contributed by atoms with van der Waals surface area (Å²) in [6.45, 7) is 1.77. The molecule has 0 aliphatic rings. The first-order chi connectivity index (χ1) is 6.72. The third kappa shape index (κ3) is 1.22. The Morgan fingerprint density at radius 1 is 1.50 bits per heavy atom. The lowest BCUT2D eigenvalue weighted by Crippen LogP contribution is -1.71. The summed E-state index contributed by atoms with van der Waals surface area (Å²) in [4.78, 5) is 16.7. The Hall–Kier alpha value is -1.93. The van der Waals surface area contributed by atoms with Crippen LogP contribution in [0.2, 0.25) is 0 Å². The second kappa shape index (κ2) is 3.09. The summed E-state index contributed by atoms with van der Waals surface area (Å²) in [6.07, 6.45) is 1.46. The number of nitrogens with zero attached hydrogens (tertiary/aromatic N) is 1. The quantitative estimate of drug-likeness (QED) is 0.545. The number of carbonyl (C=O) groups excluding carboxylic acids is 1. The Labute approximate surface area is 79.3 Å². The topological polar surface area (TPSA) is 45.2 Å². The van der Waals surface area contributed by atoms with E-state index in [1.165, 1.54) is 18.2 Å². The van der Waals surface area contributed by atoms with Gasteiger partial charge in [-0.2, -0.15) is 4.99 Å². The van der Waals surface area contributed by atoms with Gasteiger partial charge in [0.15, 0.2) is 0 Å². The average molecular weight is 190 g/mol. The fourth-order valence-electron chi connectivity index (χ4n) is 1.47. The van der Waals surface area contributed by atoms with Crippen molar-refractivity contribution < 1.29 is 9.18 Å². The molecule has 0 bridgehead atoms. The Morgan fingerprint density at radius 3 is 3.00 bits per heavy atom. The molecule has 4 heteroatoms. The van der Waals surface area contributed by atoms with Crippen molar-refractivity contribution in [3.63, 3.8) is 0 Å². The predicted octanol–water partition coefficient (Wildman–Crippen LogP) is 2.58. The van der Waals surface area contributed by atoms with Gasteiger partial charge in [0.2, 0.25) is 6.08 Å². The number of fused-ring (bicyclic) bond motifs is 1. The summed E-state index contributed by atoms with van der Waals surface area (Å²) in [5, 5.41) is 0.603. The van der Waals surface area contributed by atoms with Gasteiger partial charge in [-0.1, -0.05) is 0 Å². The standard InChI is InChI=1S/C10H7FN2O/c1-6-10(12-5-14)8-4-7(11)2-3-9(8)13-6/h2-4,13H,1H3. The highest BCUT2D eigenvalue weighted by Crippen LogP contribution is 2.29. The largest absolute Gasteiger partial charge is 0.357 e. The van der Waals surface area contributed by atoms with Crippen molar-refractivity contribution >= 4 is 22.7 Å². The van der Waals surface area contributed by atoms with Crippen LogP contribution < -0.4 is 0 Å². The first-order valence-corrected chi connectivity index (χ1v) is 4.08. The van der Waals surface area contributed by atoms with E-state index in [1.807, 2.05) is 0 Å². The predicted molar refractivity (Wildman–Crippen MR) is 50.8 cm³/mol. The van der Waals surface area contributed by atoms with E-state index >= 15 is 0 Å². The van der Waals surface area contributed by atoms with Gasteiger partial charge in [0.05, 0.1) is 0 Å². The van der Waals surface area contributed by atoms with Crippen molar-refractivity contribution in [3.05, 3.63) is 29.7 Å². The highest BCUT2D eigenvalue weighted by atomic mass is 19.1. The minimum Gasteiger partial charge on any atom is -0.357 e. The molecule has 0 saturated heterocycles. The molecule has 0 saturated carbocycles. The number of aryl methyl sites for hydroxylation is 1. The zero-order valence-corrected chi connectivity index (χ0v) is 7.47. The summed E-state index contributed by atoms with van der Waals surface area (Å²) >= 11 is 0. The number of rotatable bonds is 1. The third-order valence-electron chi connectivity index (χ3n) is 2.07. The first-order valence-electron chi connectivity index (χ1n) is 4.08. The summed E-state index contributed by atoms with van der Waals surface area (Å²) < 4.78 is 12.9. The Bertz CT molecular complexity index is 538. The van der Waals surface area contributed by atoms with Crippen molar-refractivity contribution in [1.29, 1.82) is 0 Å². The van der Waals surface area contributed by atoms with Gasteiger partial charge in [0.1, 0.15) is 11.5 Å². The van der Waals surface area contributed by atoms with E-state index < -0.39 is 0 Å². The maximum absolute atomic E-state index is 12.9. The van der Waals surface area contributed by atoms with E-state index in [4.69, 9.17) is 0 Å². The van der Waals surface area contributed by atoms with Crippen molar-refractivity contribution in [2.75, 3.05) is 0 Å². The monoisotopic (exact) mass is 190 g/mol. The molecular formula is C10H7FN2O. The molecule has 0 aliphatic heterocycles. The summed E-state index contributed by atoms with van der Waals surface area (Å²) in [5.41, 5.74) is 1.95. The normalized spacial score (nSPS) is 10.1. The van der Waals surface area contributed by atoms with Crippen LogP contribution >= 0.6 is 0 Å². The highest BCUT2D eigenvalue weighted by Gasteiger charge is 2.07. The van der Waals surface area contributed by atoms with Crippen LogP contribution in [0.5, 0.6) is 0 Å². The molecule has 1 heterocycles. The van der Waals surface area contributed by atoms with Crippen LogP contribution in [0.1, 0.15) is 5.69 Å². The molecular weight excluding hydrogens is 183 g/mol. The van der Waals surface area contributed by atoms with Crippen molar-refractivity contribution in [2.24, 2.45) is 4.99 Å². The second-order valence-electron chi connectivity index (χ2n) is 2.99. The van der Waals surface area contributed by atoms with E-state index in [1.54, 1.807) is 13.0 Å². The van der Waals surface area contributed by atoms with Gasteiger partial charge in [-0.15, -0.1) is 0 Å². The number of aromatic amines is 1. The molecule has 2 rings (SSSR count). The molecule has 1 aromatic carbocycles. The maximum atomic E-state index is 12.9. The maximum Gasteiger partial charge on any atom is 0.240 e. The van der Waals surface area contributed by atoms with E-state index in [0.29, 0.717) is 11.1 Å². The number of hydrogen-bond acceptors (Lipinski definition) is 2. The minimum absolute atomic E-state index is 0.348. The molecule has 14 heavy (non-hydrogen) atoms. The van der Waals surface area contributed by atoms with Crippen LogP contribution in [0.15, 0.2) is 23.2 Å². The Kier molecular flexibility index (Phi) is 1.91. The first kappa shape index (κ1) is 8.66. The molecule has 1 aromatic heterocycles. The molecule has 0 radical (unpaired) electrons. The van der Waals surface area contributed by atoms with Crippen molar-refractivity contribution in [2.45, 2.75) is 6.92 Å². The second-order valence-corrected chi connectivity index (χ2v) is 2.99. The molecule has 70 valence electrons. The van der Waals surface area contributed by atoms with Gasteiger partial charge in [0.25, 0.3) is 0 Å². The number of nitrogens with one attached hydrogen (secondary N) is 1. The van der Waals surface area contributed by atoms with Crippen molar-refractivity contribution in [3.8, 4) is 0 Å². The third-order valence-corrected chi connectivity index (χ3v) is 2.07. The number of hydrogen-bond donors (Lipinski definition) is 1. The van der Waals surface area contributed by atoms with E-state index in [-0.39, 0.29) is 5.82 Å². The lowest BCUT2D eigenvalue weighted by atomic mass is 10.2. The lowest BCUT2D eigenvalue weighted by Gasteiger charge is -1.90. The molecule has 0 atom stereocenters. The molecule has 2 aromatic rings. The zero-order valence-electron chi connectivity index (χ0n) is 7.47. The van der Waals surface area contributed by atoms with Gasteiger partial charge >= 0.3 is 0 Å². The van der Waals surface area contributed by atoms with Crippen LogP contribution in [-0.4, -0.2) is 11.1 Å². The van der Waals surface area contributed by atoms with Crippen LogP contribution in [0.3, 0.4) is 0 Å². The fraction of sp³-hybridized carbons (Fsp3) is 0.100. The molecule has 1 N–H and O–H groups in total. The van der Waals surface area contributed by atoms with E-state index in [9.17, 15) is 9.18 Å². The summed E-state index contributed by atoms with van der Waals surface area (Å²) in [6, 6.07) is 4.31. The molecule has 0 unspecified atom stereocenters. The van der Waals surface area contributed by atoms with E-state index in [0.717, 1.165) is 11.2 Å².